The largest absolute Gasteiger partial charge is 0.493 e. The van der Waals surface area contributed by atoms with Gasteiger partial charge in [0.05, 0.1) is 19.6 Å². The molecule has 106 valence electrons. The van der Waals surface area contributed by atoms with Gasteiger partial charge in [-0.3, -0.25) is 4.79 Å². The van der Waals surface area contributed by atoms with E-state index in [1.807, 2.05) is 19.1 Å². The summed E-state index contributed by atoms with van der Waals surface area (Å²) in [6, 6.07) is 9.91. The summed E-state index contributed by atoms with van der Waals surface area (Å²) in [5, 5.41) is 2.83. The van der Waals surface area contributed by atoms with Gasteiger partial charge in [0.25, 0.3) is 0 Å². The topological polar surface area (TPSA) is 38.3 Å². The minimum Gasteiger partial charge on any atom is -0.493 e. The van der Waals surface area contributed by atoms with Gasteiger partial charge in [-0.2, -0.15) is 0 Å². The number of thiophene rings is 1. The van der Waals surface area contributed by atoms with Crippen LogP contribution in [0.25, 0.3) is 0 Å². The maximum atomic E-state index is 12.9. The van der Waals surface area contributed by atoms with E-state index in [4.69, 9.17) is 4.74 Å². The minimum atomic E-state index is -0.347. The molecule has 1 aromatic carbocycles. The van der Waals surface area contributed by atoms with Gasteiger partial charge in [0, 0.05) is 15.8 Å². The molecule has 0 bridgehead atoms. The van der Waals surface area contributed by atoms with E-state index in [-0.39, 0.29) is 24.8 Å². The molecule has 1 amide bonds. The molecule has 0 aliphatic rings. The summed E-state index contributed by atoms with van der Waals surface area (Å²) in [6.07, 6.45) is 0.251. The van der Waals surface area contributed by atoms with E-state index < -0.39 is 0 Å². The Morgan fingerprint density at radius 2 is 2.20 bits per heavy atom. The van der Waals surface area contributed by atoms with Gasteiger partial charge >= 0.3 is 0 Å². The molecular formula is C15H16FNO2S. The lowest BCUT2D eigenvalue weighted by Gasteiger charge is -2.06. The van der Waals surface area contributed by atoms with E-state index in [2.05, 4.69) is 5.32 Å². The van der Waals surface area contributed by atoms with Crippen molar-refractivity contribution in [1.82, 2.24) is 5.32 Å². The van der Waals surface area contributed by atoms with Crippen LogP contribution in [0.1, 0.15) is 16.2 Å². The average molecular weight is 293 g/mol. The lowest BCUT2D eigenvalue weighted by atomic mass is 10.3. The number of halogens is 1. The van der Waals surface area contributed by atoms with Gasteiger partial charge < -0.3 is 10.1 Å². The summed E-state index contributed by atoms with van der Waals surface area (Å²) in [5.74, 6) is 0.0131. The Balaban J connectivity index is 1.67. The van der Waals surface area contributed by atoms with Crippen molar-refractivity contribution in [3.63, 3.8) is 0 Å². The highest BCUT2D eigenvalue weighted by Crippen LogP contribution is 2.14. The van der Waals surface area contributed by atoms with Crippen LogP contribution >= 0.6 is 11.3 Å². The number of nitrogens with one attached hydrogen (secondary N) is 1. The van der Waals surface area contributed by atoms with Crippen molar-refractivity contribution in [3.05, 3.63) is 52.0 Å². The zero-order chi connectivity index (χ0) is 14.4. The zero-order valence-electron chi connectivity index (χ0n) is 11.2. The van der Waals surface area contributed by atoms with Crippen LogP contribution in [0.3, 0.4) is 0 Å². The molecule has 0 aliphatic heterocycles. The fraction of sp³-hybridized carbons (Fsp3) is 0.267. The van der Waals surface area contributed by atoms with E-state index in [9.17, 15) is 9.18 Å². The van der Waals surface area contributed by atoms with Gasteiger partial charge in [-0.15, -0.1) is 11.3 Å². The predicted octanol–water partition coefficient (Wildman–Crippen LogP) is 3.28. The number of hydrogen-bond acceptors (Lipinski definition) is 3. The van der Waals surface area contributed by atoms with Gasteiger partial charge in [0.2, 0.25) is 5.91 Å². The van der Waals surface area contributed by atoms with Crippen molar-refractivity contribution in [2.75, 3.05) is 6.61 Å². The Labute approximate surface area is 121 Å². The number of carbonyl (C=O) groups excluding carboxylic acids is 1. The molecule has 1 aromatic heterocycles. The van der Waals surface area contributed by atoms with E-state index >= 15 is 0 Å². The van der Waals surface area contributed by atoms with Crippen molar-refractivity contribution in [2.24, 2.45) is 0 Å². The predicted molar refractivity (Wildman–Crippen MR) is 77.4 cm³/mol. The zero-order valence-corrected chi connectivity index (χ0v) is 12.0. The highest BCUT2D eigenvalue weighted by atomic mass is 32.1. The molecule has 0 saturated heterocycles. The van der Waals surface area contributed by atoms with Crippen molar-refractivity contribution in [3.8, 4) is 5.75 Å². The van der Waals surface area contributed by atoms with Crippen LogP contribution in [-0.2, 0) is 11.3 Å². The fourth-order valence-corrected chi connectivity index (χ4v) is 2.50. The van der Waals surface area contributed by atoms with Crippen molar-refractivity contribution in [1.29, 1.82) is 0 Å². The molecule has 1 N–H and O–H groups in total. The highest BCUT2D eigenvalue weighted by molar-refractivity contribution is 7.11. The van der Waals surface area contributed by atoms with Crippen LogP contribution < -0.4 is 10.1 Å². The second kappa shape index (κ2) is 7.05. The maximum Gasteiger partial charge on any atom is 0.223 e. The smallest absolute Gasteiger partial charge is 0.223 e. The number of benzene rings is 1. The van der Waals surface area contributed by atoms with Gasteiger partial charge in [-0.25, -0.2) is 4.39 Å². The molecular weight excluding hydrogens is 277 g/mol. The Morgan fingerprint density at radius 1 is 1.35 bits per heavy atom. The van der Waals surface area contributed by atoms with Crippen LogP contribution in [0.4, 0.5) is 4.39 Å². The maximum absolute atomic E-state index is 12.9. The van der Waals surface area contributed by atoms with Crippen LogP contribution in [0, 0.1) is 12.7 Å². The molecule has 1 heterocycles. The first kappa shape index (κ1) is 14.5. The molecule has 0 aliphatic carbocycles. The molecule has 0 saturated carbocycles. The number of amides is 1. The third-order valence-electron chi connectivity index (χ3n) is 2.65. The third-order valence-corrected chi connectivity index (χ3v) is 3.65. The molecule has 0 unspecified atom stereocenters. The van der Waals surface area contributed by atoms with Crippen LogP contribution in [0.2, 0.25) is 0 Å². The normalized spacial score (nSPS) is 10.3. The van der Waals surface area contributed by atoms with E-state index in [0.717, 1.165) is 4.88 Å². The summed E-state index contributed by atoms with van der Waals surface area (Å²) < 4.78 is 18.2. The van der Waals surface area contributed by atoms with Crippen molar-refractivity contribution < 1.29 is 13.9 Å². The van der Waals surface area contributed by atoms with Crippen molar-refractivity contribution >= 4 is 17.2 Å². The van der Waals surface area contributed by atoms with Crippen molar-refractivity contribution in [2.45, 2.75) is 19.9 Å². The highest BCUT2D eigenvalue weighted by Gasteiger charge is 2.04. The Bertz CT molecular complexity index is 583. The molecule has 3 nitrogen and oxygen atoms in total. The van der Waals surface area contributed by atoms with Gasteiger partial charge in [-0.05, 0) is 31.2 Å². The minimum absolute atomic E-state index is 0.0764. The van der Waals surface area contributed by atoms with Gasteiger partial charge in [0.15, 0.2) is 0 Å². The quantitative estimate of drug-likeness (QED) is 0.887. The number of rotatable bonds is 6. The molecule has 0 fully saturated rings. The van der Waals surface area contributed by atoms with Crippen LogP contribution in [-0.4, -0.2) is 12.5 Å². The lowest BCUT2D eigenvalue weighted by molar-refractivity contribution is -0.121. The van der Waals surface area contributed by atoms with E-state index in [1.165, 1.54) is 17.0 Å². The average Bonchev–Trinajstić information content (AvgIpc) is 2.82. The molecule has 2 rings (SSSR count). The summed E-state index contributed by atoms with van der Waals surface area (Å²) >= 11 is 1.66. The summed E-state index contributed by atoms with van der Waals surface area (Å²) in [4.78, 5) is 14.0. The lowest BCUT2D eigenvalue weighted by Crippen LogP contribution is -2.24. The van der Waals surface area contributed by atoms with Crippen LogP contribution in [0.15, 0.2) is 36.4 Å². The first-order chi connectivity index (χ1) is 9.63. The van der Waals surface area contributed by atoms with E-state index in [0.29, 0.717) is 12.3 Å². The van der Waals surface area contributed by atoms with Crippen LogP contribution in [0.5, 0.6) is 5.75 Å². The number of hydrogen-bond donors (Lipinski definition) is 1. The molecule has 5 heteroatoms. The summed E-state index contributed by atoms with van der Waals surface area (Å²) in [7, 11) is 0. The number of carbonyl (C=O) groups is 1. The second-order valence-electron chi connectivity index (χ2n) is 4.34. The number of ether oxygens (including phenoxy) is 1. The van der Waals surface area contributed by atoms with Gasteiger partial charge in [-0.1, -0.05) is 6.07 Å². The first-order valence-electron chi connectivity index (χ1n) is 6.34. The number of aryl methyl sites for hydroxylation is 1. The SMILES string of the molecule is Cc1ccc(CNC(=O)CCOc2cccc(F)c2)s1. The molecule has 2 aromatic rings. The molecule has 0 radical (unpaired) electrons. The van der Waals surface area contributed by atoms with Gasteiger partial charge in [0.1, 0.15) is 11.6 Å². The third kappa shape index (κ3) is 4.66. The van der Waals surface area contributed by atoms with E-state index in [1.54, 1.807) is 23.5 Å². The monoisotopic (exact) mass is 293 g/mol. The summed E-state index contributed by atoms with van der Waals surface area (Å²) in [6.45, 7) is 2.80. The Morgan fingerprint density at radius 3 is 2.90 bits per heavy atom. The molecule has 0 spiro atoms. The molecule has 0 atom stereocenters. The second-order valence-corrected chi connectivity index (χ2v) is 5.72. The first-order valence-corrected chi connectivity index (χ1v) is 7.15. The standard InChI is InChI=1S/C15H16FNO2S/c1-11-5-6-14(20-11)10-17-15(18)7-8-19-13-4-2-3-12(16)9-13/h2-6,9H,7-8,10H2,1H3,(H,17,18). The Hall–Kier alpha value is -1.88. The summed E-state index contributed by atoms with van der Waals surface area (Å²) in [5.41, 5.74) is 0. The Kier molecular flexibility index (Phi) is 5.12. The fourth-order valence-electron chi connectivity index (χ4n) is 1.67. The molecule has 20 heavy (non-hydrogen) atoms.